The number of halogens is 1. The second kappa shape index (κ2) is 9.17. The van der Waals surface area contributed by atoms with Crippen LogP contribution in [-0.2, 0) is 16.1 Å². The molecule has 1 aliphatic heterocycles. The molecule has 3 N–H and O–H groups in total. The first kappa shape index (κ1) is 20.3. The molecule has 2 aromatic rings. The molecule has 3 rings (SSSR count). The Morgan fingerprint density at radius 2 is 1.93 bits per heavy atom. The number of alkyl halides is 1. The molecule has 5 atom stereocenters. The number of hydrogen-bond donors (Lipinski definition) is 2. The van der Waals surface area contributed by atoms with E-state index < -0.39 is 29.9 Å². The van der Waals surface area contributed by atoms with Crippen LogP contribution in [0.3, 0.4) is 0 Å². The normalized spacial score (nSPS) is 28.3. The average Bonchev–Trinajstić information content (AvgIpc) is 2.67. The van der Waals surface area contributed by atoms with Gasteiger partial charge in [-0.3, -0.25) is 0 Å². The molecule has 0 radical (unpaired) electrons. The summed E-state index contributed by atoms with van der Waals surface area (Å²) in [6.45, 7) is 3.95. The molecule has 1 aliphatic rings. The van der Waals surface area contributed by atoms with Crippen molar-refractivity contribution in [2.75, 3.05) is 6.61 Å². The Labute approximate surface area is 163 Å². The van der Waals surface area contributed by atoms with Gasteiger partial charge < -0.3 is 20.3 Å². The maximum atomic E-state index is 15.0. The number of ether oxygens (including phenoxy) is 2. The first-order chi connectivity index (χ1) is 13.0. The SMILES string of the molecule is Cc1ccc(S[C@@H]2O[C@H](CO)C(OCc3ccccc3)[C@H](F)[C@H]2N)c(C)c1. The fourth-order valence-corrected chi connectivity index (χ4v) is 4.34. The number of benzene rings is 2. The zero-order chi connectivity index (χ0) is 19.4. The third-order valence-electron chi connectivity index (χ3n) is 4.71. The number of aliphatic hydroxyl groups excluding tert-OH is 1. The van der Waals surface area contributed by atoms with Crippen molar-refractivity contribution in [1.82, 2.24) is 0 Å². The number of aliphatic hydroxyl groups is 1. The van der Waals surface area contributed by atoms with Gasteiger partial charge in [-0.25, -0.2) is 4.39 Å². The van der Waals surface area contributed by atoms with Crippen LogP contribution < -0.4 is 5.73 Å². The lowest BCUT2D eigenvalue weighted by molar-refractivity contribution is -0.172. The van der Waals surface area contributed by atoms with Crippen molar-refractivity contribution < 1.29 is 19.0 Å². The highest BCUT2D eigenvalue weighted by molar-refractivity contribution is 7.99. The van der Waals surface area contributed by atoms with Crippen LogP contribution in [-0.4, -0.2) is 41.6 Å². The van der Waals surface area contributed by atoms with Crippen LogP contribution in [0.15, 0.2) is 53.4 Å². The van der Waals surface area contributed by atoms with Crippen LogP contribution in [0.25, 0.3) is 0 Å². The third-order valence-corrected chi connectivity index (χ3v) is 6.08. The average molecular weight is 392 g/mol. The van der Waals surface area contributed by atoms with Crippen LogP contribution in [0.5, 0.6) is 0 Å². The van der Waals surface area contributed by atoms with E-state index in [0.717, 1.165) is 21.6 Å². The van der Waals surface area contributed by atoms with E-state index in [4.69, 9.17) is 15.2 Å². The molecule has 146 valence electrons. The largest absolute Gasteiger partial charge is 0.394 e. The summed E-state index contributed by atoms with van der Waals surface area (Å²) in [7, 11) is 0. The molecule has 1 unspecified atom stereocenters. The Kier molecular flexibility index (Phi) is 6.89. The summed E-state index contributed by atoms with van der Waals surface area (Å²) in [5.41, 5.74) is 8.74. The quantitative estimate of drug-likeness (QED) is 0.791. The monoisotopic (exact) mass is 391 g/mol. The first-order valence-corrected chi connectivity index (χ1v) is 9.93. The van der Waals surface area contributed by atoms with Gasteiger partial charge in [-0.05, 0) is 31.0 Å². The first-order valence-electron chi connectivity index (χ1n) is 9.05. The van der Waals surface area contributed by atoms with Crippen LogP contribution in [0, 0.1) is 13.8 Å². The molecule has 1 fully saturated rings. The molecule has 1 heterocycles. The van der Waals surface area contributed by atoms with Crippen LogP contribution in [0.4, 0.5) is 4.39 Å². The summed E-state index contributed by atoms with van der Waals surface area (Å²) in [6, 6.07) is 14.7. The van der Waals surface area contributed by atoms with E-state index in [0.29, 0.717) is 0 Å². The molecule has 0 spiro atoms. The molecule has 6 heteroatoms. The van der Waals surface area contributed by atoms with Gasteiger partial charge in [-0.15, -0.1) is 0 Å². The lowest BCUT2D eigenvalue weighted by Crippen LogP contribution is -2.60. The zero-order valence-electron chi connectivity index (χ0n) is 15.5. The molecular formula is C21H26FNO3S. The maximum absolute atomic E-state index is 15.0. The minimum Gasteiger partial charge on any atom is -0.394 e. The summed E-state index contributed by atoms with van der Waals surface area (Å²) in [5.74, 6) is 0. The minimum atomic E-state index is -1.43. The number of hydrogen-bond acceptors (Lipinski definition) is 5. The Hall–Kier alpha value is -1.44. The van der Waals surface area contributed by atoms with Crippen LogP contribution >= 0.6 is 11.8 Å². The van der Waals surface area contributed by atoms with Gasteiger partial charge in [0.25, 0.3) is 0 Å². The molecule has 27 heavy (non-hydrogen) atoms. The molecule has 4 nitrogen and oxygen atoms in total. The van der Waals surface area contributed by atoms with Gasteiger partial charge in [-0.2, -0.15) is 0 Å². The van der Waals surface area contributed by atoms with Crippen molar-refractivity contribution in [3.63, 3.8) is 0 Å². The third kappa shape index (κ3) is 4.89. The van der Waals surface area contributed by atoms with Crippen molar-refractivity contribution in [1.29, 1.82) is 0 Å². The Balaban J connectivity index is 1.68. The standard InChI is InChI=1S/C21H26FNO3S/c1-13-8-9-17(14(2)10-13)27-21-19(23)18(22)20(16(11-24)26-21)25-12-15-6-4-3-5-7-15/h3-10,16,18-21,24H,11-12,23H2,1-2H3/t16-,18-,19-,20?,21+/m1/s1. The van der Waals surface area contributed by atoms with E-state index in [-0.39, 0.29) is 13.2 Å². The van der Waals surface area contributed by atoms with Crippen LogP contribution in [0.1, 0.15) is 16.7 Å². The second-order valence-corrected chi connectivity index (χ2v) is 8.04. The Morgan fingerprint density at radius 1 is 1.19 bits per heavy atom. The summed E-state index contributed by atoms with van der Waals surface area (Å²) in [5, 5.41) is 9.72. The summed E-state index contributed by atoms with van der Waals surface area (Å²) in [4.78, 5) is 0.994. The van der Waals surface area contributed by atoms with E-state index in [2.05, 4.69) is 6.07 Å². The number of thioether (sulfide) groups is 1. The fraction of sp³-hybridized carbons (Fsp3) is 0.429. The number of aryl methyl sites for hydroxylation is 2. The number of rotatable bonds is 6. The summed E-state index contributed by atoms with van der Waals surface area (Å²) < 4.78 is 26.7. The Bertz CT molecular complexity index is 743. The van der Waals surface area contributed by atoms with Crippen LogP contribution in [0.2, 0.25) is 0 Å². The highest BCUT2D eigenvalue weighted by Gasteiger charge is 2.45. The predicted molar refractivity (Wildman–Crippen MR) is 105 cm³/mol. The van der Waals surface area contributed by atoms with Gasteiger partial charge in [-0.1, -0.05) is 59.8 Å². The lowest BCUT2D eigenvalue weighted by atomic mass is 10.00. The highest BCUT2D eigenvalue weighted by atomic mass is 32.2. The van der Waals surface area contributed by atoms with Gasteiger partial charge in [0.05, 0.1) is 19.3 Å². The highest BCUT2D eigenvalue weighted by Crippen LogP contribution is 2.36. The van der Waals surface area contributed by atoms with E-state index in [1.165, 1.54) is 11.8 Å². The van der Waals surface area contributed by atoms with E-state index in [1.807, 2.05) is 56.3 Å². The fourth-order valence-electron chi connectivity index (χ4n) is 3.19. The van der Waals surface area contributed by atoms with Crippen molar-refractivity contribution >= 4 is 11.8 Å². The van der Waals surface area contributed by atoms with Crippen molar-refractivity contribution in [3.05, 3.63) is 65.2 Å². The molecule has 0 bridgehead atoms. The van der Waals surface area contributed by atoms with E-state index in [1.54, 1.807) is 0 Å². The van der Waals surface area contributed by atoms with E-state index >= 15 is 4.39 Å². The van der Waals surface area contributed by atoms with Crippen molar-refractivity contribution in [2.24, 2.45) is 5.73 Å². The van der Waals surface area contributed by atoms with E-state index in [9.17, 15) is 5.11 Å². The molecule has 0 aliphatic carbocycles. The van der Waals surface area contributed by atoms with Crippen molar-refractivity contribution in [2.45, 2.75) is 55.2 Å². The summed E-state index contributed by atoms with van der Waals surface area (Å²) in [6.07, 6.45) is -3.09. The van der Waals surface area contributed by atoms with Gasteiger partial charge in [0.15, 0.2) is 0 Å². The maximum Gasteiger partial charge on any atom is 0.147 e. The molecule has 0 saturated carbocycles. The summed E-state index contributed by atoms with van der Waals surface area (Å²) >= 11 is 1.39. The smallest absolute Gasteiger partial charge is 0.147 e. The lowest BCUT2D eigenvalue weighted by Gasteiger charge is -2.41. The predicted octanol–water partition coefficient (Wildman–Crippen LogP) is 3.36. The second-order valence-electron chi connectivity index (χ2n) is 6.90. The van der Waals surface area contributed by atoms with Gasteiger partial charge in [0.2, 0.25) is 0 Å². The van der Waals surface area contributed by atoms with Crippen molar-refractivity contribution in [3.8, 4) is 0 Å². The molecular weight excluding hydrogens is 365 g/mol. The van der Waals surface area contributed by atoms with Gasteiger partial charge in [0, 0.05) is 4.90 Å². The van der Waals surface area contributed by atoms with Gasteiger partial charge in [0.1, 0.15) is 23.8 Å². The zero-order valence-corrected chi connectivity index (χ0v) is 16.4. The minimum absolute atomic E-state index is 0.243. The molecule has 1 saturated heterocycles. The van der Waals surface area contributed by atoms with Gasteiger partial charge >= 0.3 is 0 Å². The molecule has 0 amide bonds. The molecule has 0 aromatic heterocycles. The number of nitrogens with two attached hydrogens (primary N) is 1. The Morgan fingerprint density at radius 3 is 2.59 bits per heavy atom. The topological polar surface area (TPSA) is 64.7 Å². The molecule has 2 aromatic carbocycles.